The molecule has 4 atom stereocenters. The quantitative estimate of drug-likeness (QED) is 0.685. The number of likely N-dealkylation sites (N-methyl/N-ethyl adjacent to an activating group) is 1. The van der Waals surface area contributed by atoms with Gasteiger partial charge in [0.25, 0.3) is 0 Å². The van der Waals surface area contributed by atoms with Crippen molar-refractivity contribution in [3.05, 3.63) is 0 Å². The zero-order valence-electron chi connectivity index (χ0n) is 9.86. The van der Waals surface area contributed by atoms with Crippen molar-refractivity contribution in [2.45, 2.75) is 24.4 Å². The van der Waals surface area contributed by atoms with Gasteiger partial charge in [0, 0.05) is 21.3 Å². The number of ether oxygens (including phenoxy) is 4. The van der Waals surface area contributed by atoms with Gasteiger partial charge in [0.2, 0.25) is 0 Å². The first-order valence-corrected chi connectivity index (χ1v) is 5.11. The van der Waals surface area contributed by atoms with Gasteiger partial charge in [-0.1, -0.05) is 0 Å². The van der Waals surface area contributed by atoms with E-state index >= 15 is 0 Å². The van der Waals surface area contributed by atoms with Crippen LogP contribution in [0.4, 0.5) is 0 Å². The Balaban J connectivity index is 2.65. The first-order valence-electron chi connectivity index (χ1n) is 5.11. The van der Waals surface area contributed by atoms with Crippen LogP contribution in [-0.2, 0) is 18.9 Å². The van der Waals surface area contributed by atoms with Gasteiger partial charge in [-0.25, -0.2) is 0 Å². The smallest absolute Gasteiger partial charge is 0.113 e. The molecule has 1 rings (SSSR count). The molecule has 0 aromatic carbocycles. The fraction of sp³-hybridized carbons (Fsp3) is 1.00. The van der Waals surface area contributed by atoms with E-state index in [2.05, 4.69) is 5.32 Å². The predicted octanol–water partition coefficient (Wildman–Crippen LogP) is -0.350. The van der Waals surface area contributed by atoms with Gasteiger partial charge in [-0.2, -0.15) is 0 Å². The minimum Gasteiger partial charge on any atom is -0.382 e. The summed E-state index contributed by atoms with van der Waals surface area (Å²) < 4.78 is 21.6. The summed E-state index contributed by atoms with van der Waals surface area (Å²) in [6, 6.07) is 0.160. The minimum absolute atomic E-state index is 0.00565. The van der Waals surface area contributed by atoms with Crippen LogP contribution in [0.1, 0.15) is 0 Å². The van der Waals surface area contributed by atoms with E-state index < -0.39 is 0 Å². The van der Waals surface area contributed by atoms with Crippen LogP contribution in [-0.4, -0.2) is 65.9 Å². The van der Waals surface area contributed by atoms with Crippen LogP contribution in [0, 0.1) is 0 Å². The molecule has 0 amide bonds. The van der Waals surface area contributed by atoms with Gasteiger partial charge in [-0.15, -0.1) is 0 Å². The Kier molecular flexibility index (Phi) is 5.49. The molecular weight excluding hydrogens is 198 g/mol. The molecule has 0 saturated carbocycles. The van der Waals surface area contributed by atoms with Crippen LogP contribution >= 0.6 is 0 Å². The van der Waals surface area contributed by atoms with Gasteiger partial charge in [0.05, 0.1) is 19.3 Å². The zero-order chi connectivity index (χ0) is 11.3. The van der Waals surface area contributed by atoms with Crippen molar-refractivity contribution in [3.63, 3.8) is 0 Å². The Bertz CT molecular complexity index is 179. The van der Waals surface area contributed by atoms with Crippen LogP contribution in [0.15, 0.2) is 0 Å². The first-order chi connectivity index (χ1) is 7.28. The van der Waals surface area contributed by atoms with Crippen LogP contribution in [0.2, 0.25) is 0 Å². The molecule has 0 spiro atoms. The minimum atomic E-state index is -0.0962. The lowest BCUT2D eigenvalue weighted by Crippen LogP contribution is -2.59. The Morgan fingerprint density at radius 1 is 1.20 bits per heavy atom. The molecule has 1 saturated heterocycles. The molecule has 0 aromatic rings. The maximum absolute atomic E-state index is 5.66. The van der Waals surface area contributed by atoms with Gasteiger partial charge in [0.15, 0.2) is 0 Å². The third-order valence-corrected chi connectivity index (χ3v) is 2.82. The van der Waals surface area contributed by atoms with Crippen molar-refractivity contribution >= 4 is 0 Å². The molecule has 0 bridgehead atoms. The van der Waals surface area contributed by atoms with E-state index in [-0.39, 0.29) is 24.4 Å². The highest BCUT2D eigenvalue weighted by Crippen LogP contribution is 2.20. The monoisotopic (exact) mass is 219 g/mol. The summed E-state index contributed by atoms with van der Waals surface area (Å²) in [4.78, 5) is 0. The fourth-order valence-electron chi connectivity index (χ4n) is 2.00. The second kappa shape index (κ2) is 6.40. The lowest BCUT2D eigenvalue weighted by atomic mass is 9.98. The molecule has 5 heteroatoms. The van der Waals surface area contributed by atoms with E-state index in [1.54, 1.807) is 21.3 Å². The number of methoxy groups -OCH3 is 3. The number of hydrogen-bond donors (Lipinski definition) is 1. The van der Waals surface area contributed by atoms with E-state index in [9.17, 15) is 0 Å². The summed E-state index contributed by atoms with van der Waals surface area (Å²) in [5.74, 6) is 0. The molecule has 1 aliphatic rings. The molecule has 4 unspecified atom stereocenters. The topological polar surface area (TPSA) is 49.0 Å². The summed E-state index contributed by atoms with van der Waals surface area (Å²) in [5, 5.41) is 3.16. The lowest BCUT2D eigenvalue weighted by Gasteiger charge is -2.40. The summed E-state index contributed by atoms with van der Waals surface area (Å²) in [5.41, 5.74) is 0. The van der Waals surface area contributed by atoms with E-state index in [0.717, 1.165) is 0 Å². The van der Waals surface area contributed by atoms with Gasteiger partial charge in [-0.3, -0.25) is 0 Å². The maximum Gasteiger partial charge on any atom is 0.113 e. The fourth-order valence-corrected chi connectivity index (χ4v) is 2.00. The van der Waals surface area contributed by atoms with E-state index in [0.29, 0.717) is 13.2 Å². The molecule has 1 fully saturated rings. The predicted molar refractivity (Wildman–Crippen MR) is 56.1 cm³/mol. The number of rotatable bonds is 5. The van der Waals surface area contributed by atoms with Crippen molar-refractivity contribution in [2.24, 2.45) is 0 Å². The standard InChI is InChI=1S/C10H21NO4/c1-11-7-5-15-8(6-12-2)10(14-4)9(7)13-3/h7-11H,5-6H2,1-4H3. The van der Waals surface area contributed by atoms with Gasteiger partial charge < -0.3 is 24.3 Å². The number of hydrogen-bond acceptors (Lipinski definition) is 5. The highest BCUT2D eigenvalue weighted by Gasteiger charge is 2.40. The first kappa shape index (κ1) is 12.9. The lowest BCUT2D eigenvalue weighted by molar-refractivity contribution is -0.183. The second-order valence-electron chi connectivity index (χ2n) is 3.62. The molecule has 1 N–H and O–H groups in total. The zero-order valence-corrected chi connectivity index (χ0v) is 9.86. The van der Waals surface area contributed by atoms with Crippen molar-refractivity contribution in [3.8, 4) is 0 Å². The molecule has 90 valence electrons. The third-order valence-electron chi connectivity index (χ3n) is 2.82. The highest BCUT2D eigenvalue weighted by molar-refractivity contribution is 4.92. The van der Waals surface area contributed by atoms with Gasteiger partial charge in [0.1, 0.15) is 18.3 Å². The summed E-state index contributed by atoms with van der Waals surface area (Å²) in [6.45, 7) is 1.14. The Morgan fingerprint density at radius 3 is 2.33 bits per heavy atom. The van der Waals surface area contributed by atoms with Crippen LogP contribution in [0.5, 0.6) is 0 Å². The van der Waals surface area contributed by atoms with Crippen molar-refractivity contribution in [2.75, 3.05) is 41.6 Å². The van der Waals surface area contributed by atoms with Crippen molar-refractivity contribution in [1.29, 1.82) is 0 Å². The summed E-state index contributed by atoms with van der Waals surface area (Å²) >= 11 is 0. The normalized spacial score (nSPS) is 36.8. The molecule has 1 heterocycles. The SMILES string of the molecule is CNC1COC(COC)C(OC)C1OC. The molecule has 5 nitrogen and oxygen atoms in total. The summed E-state index contributed by atoms with van der Waals surface area (Å²) in [6.07, 6.45) is -0.162. The molecule has 0 radical (unpaired) electrons. The number of nitrogens with one attached hydrogen (secondary N) is 1. The molecule has 0 aliphatic carbocycles. The summed E-state index contributed by atoms with van der Waals surface area (Å²) in [7, 11) is 6.91. The van der Waals surface area contributed by atoms with Gasteiger partial charge >= 0.3 is 0 Å². The highest BCUT2D eigenvalue weighted by atomic mass is 16.6. The van der Waals surface area contributed by atoms with Crippen LogP contribution < -0.4 is 5.32 Å². The molecule has 0 aromatic heterocycles. The average molecular weight is 219 g/mol. The largest absolute Gasteiger partial charge is 0.382 e. The molecular formula is C10H21NO4. The third kappa shape index (κ3) is 2.89. The van der Waals surface area contributed by atoms with Gasteiger partial charge in [-0.05, 0) is 7.05 Å². The van der Waals surface area contributed by atoms with E-state index in [4.69, 9.17) is 18.9 Å². The Labute approximate surface area is 91.0 Å². The van der Waals surface area contributed by atoms with Crippen molar-refractivity contribution in [1.82, 2.24) is 5.32 Å². The Morgan fingerprint density at radius 2 is 1.87 bits per heavy atom. The van der Waals surface area contributed by atoms with E-state index in [1.807, 2.05) is 7.05 Å². The second-order valence-corrected chi connectivity index (χ2v) is 3.62. The van der Waals surface area contributed by atoms with E-state index in [1.165, 1.54) is 0 Å². The van der Waals surface area contributed by atoms with Crippen LogP contribution in [0.25, 0.3) is 0 Å². The molecule has 1 aliphatic heterocycles. The average Bonchev–Trinajstić information content (AvgIpc) is 2.28. The maximum atomic E-state index is 5.66. The molecule has 15 heavy (non-hydrogen) atoms. The van der Waals surface area contributed by atoms with Crippen molar-refractivity contribution < 1.29 is 18.9 Å². The Hall–Kier alpha value is -0.200. The van der Waals surface area contributed by atoms with Crippen LogP contribution in [0.3, 0.4) is 0 Å².